The number of rotatable bonds is 7. The van der Waals surface area contributed by atoms with E-state index in [1.165, 1.54) is 28.9 Å². The SMILES string of the molecule is O=C(Nc1ccccc1OC(F)F)c1ccn(COc2ccc(Br)cc2Cl)n1. The summed E-state index contributed by atoms with van der Waals surface area (Å²) >= 11 is 9.38. The zero-order valence-electron chi connectivity index (χ0n) is 14.1. The number of anilines is 1. The van der Waals surface area contributed by atoms with E-state index in [0.29, 0.717) is 10.8 Å². The van der Waals surface area contributed by atoms with Gasteiger partial charge in [0.05, 0.1) is 10.7 Å². The maximum atomic E-state index is 12.5. The van der Waals surface area contributed by atoms with E-state index < -0.39 is 12.5 Å². The number of aromatic nitrogens is 2. The number of nitrogens with zero attached hydrogens (tertiary/aromatic N) is 2. The highest BCUT2D eigenvalue weighted by molar-refractivity contribution is 9.10. The van der Waals surface area contributed by atoms with Gasteiger partial charge in [-0.3, -0.25) is 4.79 Å². The normalized spacial score (nSPS) is 10.8. The number of hydrogen-bond acceptors (Lipinski definition) is 4. The van der Waals surface area contributed by atoms with Gasteiger partial charge in [0.15, 0.2) is 12.4 Å². The molecule has 0 bridgehead atoms. The topological polar surface area (TPSA) is 65.4 Å². The Kier molecular flexibility index (Phi) is 6.48. The molecule has 0 saturated heterocycles. The number of amides is 1. The molecule has 1 amide bonds. The van der Waals surface area contributed by atoms with Gasteiger partial charge in [0.25, 0.3) is 5.91 Å². The molecule has 10 heteroatoms. The minimum Gasteiger partial charge on any atom is -0.470 e. The van der Waals surface area contributed by atoms with Crippen LogP contribution in [-0.4, -0.2) is 22.3 Å². The van der Waals surface area contributed by atoms with Crippen molar-refractivity contribution >= 4 is 39.1 Å². The number of halogens is 4. The van der Waals surface area contributed by atoms with E-state index in [1.54, 1.807) is 30.5 Å². The lowest BCUT2D eigenvalue weighted by Gasteiger charge is -2.11. The lowest BCUT2D eigenvalue weighted by atomic mass is 10.3. The van der Waals surface area contributed by atoms with Crippen LogP contribution in [0.25, 0.3) is 0 Å². The first-order valence-corrected chi connectivity index (χ1v) is 9.06. The fourth-order valence-corrected chi connectivity index (χ4v) is 2.97. The van der Waals surface area contributed by atoms with Gasteiger partial charge in [0, 0.05) is 10.7 Å². The fourth-order valence-electron chi connectivity index (χ4n) is 2.24. The maximum Gasteiger partial charge on any atom is 0.387 e. The molecule has 0 aliphatic heterocycles. The third-order valence-electron chi connectivity index (χ3n) is 3.47. The lowest BCUT2D eigenvalue weighted by molar-refractivity contribution is -0.0493. The van der Waals surface area contributed by atoms with E-state index in [1.807, 2.05) is 0 Å². The quantitative estimate of drug-likeness (QED) is 0.514. The van der Waals surface area contributed by atoms with E-state index in [-0.39, 0.29) is 23.9 Å². The Hall–Kier alpha value is -2.65. The van der Waals surface area contributed by atoms with Crippen LogP contribution in [0.5, 0.6) is 11.5 Å². The standard InChI is InChI=1S/C18H13BrClF2N3O3/c19-11-5-6-15(12(20)9-11)27-10-25-8-7-14(24-25)17(26)23-13-3-1-2-4-16(13)28-18(21)22/h1-9,18H,10H2,(H,23,26). The summed E-state index contributed by atoms with van der Waals surface area (Å²) in [6, 6.07) is 12.5. The molecular weight excluding hydrogens is 460 g/mol. The molecule has 1 N–H and O–H groups in total. The molecule has 0 aliphatic rings. The molecule has 3 aromatic rings. The van der Waals surface area contributed by atoms with Crippen molar-refractivity contribution < 1.29 is 23.0 Å². The molecule has 0 aliphatic carbocycles. The van der Waals surface area contributed by atoms with Crippen LogP contribution >= 0.6 is 27.5 Å². The Morgan fingerprint density at radius 1 is 1.21 bits per heavy atom. The predicted molar refractivity (Wildman–Crippen MR) is 103 cm³/mol. The van der Waals surface area contributed by atoms with Gasteiger partial charge in [-0.25, -0.2) is 4.68 Å². The molecule has 3 rings (SSSR count). The number of para-hydroxylation sites is 2. The number of hydrogen-bond donors (Lipinski definition) is 1. The van der Waals surface area contributed by atoms with Gasteiger partial charge >= 0.3 is 6.61 Å². The second kappa shape index (κ2) is 9.03. The second-order valence-electron chi connectivity index (χ2n) is 5.42. The molecule has 0 unspecified atom stereocenters. The molecule has 28 heavy (non-hydrogen) atoms. The van der Waals surface area contributed by atoms with Crippen LogP contribution in [0.2, 0.25) is 5.02 Å². The Morgan fingerprint density at radius 2 is 2.00 bits per heavy atom. The van der Waals surface area contributed by atoms with Crippen LogP contribution in [0.1, 0.15) is 10.5 Å². The molecule has 146 valence electrons. The average molecular weight is 473 g/mol. The van der Waals surface area contributed by atoms with Gasteiger partial charge in [-0.2, -0.15) is 13.9 Å². The minimum absolute atomic E-state index is 0.0275. The van der Waals surface area contributed by atoms with Gasteiger partial charge in [-0.15, -0.1) is 0 Å². The monoisotopic (exact) mass is 471 g/mol. The Morgan fingerprint density at radius 3 is 2.75 bits per heavy atom. The number of carbonyl (C=O) groups excluding carboxylic acids is 1. The summed E-state index contributed by atoms with van der Waals surface area (Å²) in [7, 11) is 0. The molecule has 0 spiro atoms. The molecular formula is C18H13BrClF2N3O3. The van der Waals surface area contributed by atoms with Gasteiger partial charge in [0.1, 0.15) is 11.5 Å². The summed E-state index contributed by atoms with van der Waals surface area (Å²) in [6.45, 7) is -2.97. The van der Waals surface area contributed by atoms with Crippen LogP contribution < -0.4 is 14.8 Å². The van der Waals surface area contributed by atoms with Crippen molar-refractivity contribution in [2.75, 3.05) is 5.32 Å². The van der Waals surface area contributed by atoms with Crippen LogP contribution in [0, 0.1) is 0 Å². The van der Waals surface area contributed by atoms with E-state index >= 15 is 0 Å². The molecule has 0 saturated carbocycles. The number of ether oxygens (including phenoxy) is 2. The van der Waals surface area contributed by atoms with Crippen molar-refractivity contribution in [1.82, 2.24) is 9.78 Å². The Labute approximate surface area is 172 Å². The number of nitrogens with one attached hydrogen (secondary N) is 1. The minimum atomic E-state index is -3.00. The van der Waals surface area contributed by atoms with Crippen molar-refractivity contribution in [3.8, 4) is 11.5 Å². The third kappa shape index (κ3) is 5.20. The van der Waals surface area contributed by atoms with E-state index in [2.05, 4.69) is 31.1 Å². The second-order valence-corrected chi connectivity index (χ2v) is 6.74. The molecule has 0 fully saturated rings. The fraction of sp³-hybridized carbons (Fsp3) is 0.111. The van der Waals surface area contributed by atoms with Gasteiger partial charge < -0.3 is 14.8 Å². The highest BCUT2D eigenvalue weighted by Crippen LogP contribution is 2.28. The van der Waals surface area contributed by atoms with E-state index in [4.69, 9.17) is 16.3 Å². The van der Waals surface area contributed by atoms with Crippen LogP contribution in [0.15, 0.2) is 59.2 Å². The van der Waals surface area contributed by atoms with E-state index in [9.17, 15) is 13.6 Å². The number of alkyl halides is 2. The Bertz CT molecular complexity index is 984. The molecule has 0 atom stereocenters. The van der Waals surface area contributed by atoms with Crippen LogP contribution in [0.3, 0.4) is 0 Å². The number of carbonyl (C=O) groups is 1. The molecule has 1 aromatic heterocycles. The van der Waals surface area contributed by atoms with E-state index in [0.717, 1.165) is 4.47 Å². The summed E-state index contributed by atoms with van der Waals surface area (Å²) in [4.78, 5) is 12.3. The van der Waals surface area contributed by atoms with Crippen molar-refractivity contribution in [3.05, 3.63) is 69.9 Å². The van der Waals surface area contributed by atoms with Crippen LogP contribution in [0.4, 0.5) is 14.5 Å². The van der Waals surface area contributed by atoms with Gasteiger partial charge in [0.2, 0.25) is 0 Å². The summed E-state index contributed by atoms with van der Waals surface area (Å²) in [5.74, 6) is -0.256. The van der Waals surface area contributed by atoms with Gasteiger partial charge in [-0.1, -0.05) is 39.7 Å². The van der Waals surface area contributed by atoms with Gasteiger partial charge in [-0.05, 0) is 36.4 Å². The predicted octanol–water partition coefficient (Wildman–Crippen LogP) is 5.19. The molecule has 0 radical (unpaired) electrons. The largest absolute Gasteiger partial charge is 0.470 e. The highest BCUT2D eigenvalue weighted by atomic mass is 79.9. The first-order chi connectivity index (χ1) is 13.4. The smallest absolute Gasteiger partial charge is 0.387 e. The average Bonchev–Trinajstić information content (AvgIpc) is 3.11. The molecule has 1 heterocycles. The first-order valence-electron chi connectivity index (χ1n) is 7.89. The lowest BCUT2D eigenvalue weighted by Crippen LogP contribution is -2.15. The maximum absolute atomic E-state index is 12.5. The van der Waals surface area contributed by atoms with Crippen molar-refractivity contribution in [3.63, 3.8) is 0 Å². The number of benzene rings is 2. The summed E-state index contributed by atoms with van der Waals surface area (Å²) in [6.07, 6.45) is 1.54. The van der Waals surface area contributed by atoms with Crippen LogP contribution in [-0.2, 0) is 6.73 Å². The highest BCUT2D eigenvalue weighted by Gasteiger charge is 2.15. The van der Waals surface area contributed by atoms with Crippen molar-refractivity contribution in [2.45, 2.75) is 13.3 Å². The first kappa shape index (κ1) is 20.1. The zero-order chi connectivity index (χ0) is 20.1. The zero-order valence-corrected chi connectivity index (χ0v) is 16.5. The summed E-state index contributed by atoms with van der Waals surface area (Å²) < 4.78 is 37.1. The third-order valence-corrected chi connectivity index (χ3v) is 4.26. The molecule has 2 aromatic carbocycles. The van der Waals surface area contributed by atoms with Crippen molar-refractivity contribution in [1.29, 1.82) is 0 Å². The summed E-state index contributed by atoms with van der Waals surface area (Å²) in [5, 5.41) is 7.02. The summed E-state index contributed by atoms with van der Waals surface area (Å²) in [5.41, 5.74) is 0.192. The van der Waals surface area contributed by atoms with Crippen molar-refractivity contribution in [2.24, 2.45) is 0 Å². The Balaban J connectivity index is 1.64. The molecule has 6 nitrogen and oxygen atoms in total.